The lowest BCUT2D eigenvalue weighted by molar-refractivity contribution is 0.0996. The van der Waals surface area contributed by atoms with Crippen molar-refractivity contribution >= 4 is 30.6 Å². The zero-order chi connectivity index (χ0) is 12.5. The van der Waals surface area contributed by atoms with Crippen molar-refractivity contribution in [2.75, 3.05) is 0 Å². The van der Waals surface area contributed by atoms with E-state index in [1.165, 1.54) is 6.92 Å². The van der Waals surface area contributed by atoms with E-state index in [2.05, 4.69) is 0 Å². The summed E-state index contributed by atoms with van der Waals surface area (Å²) in [5, 5.41) is 1.15. The van der Waals surface area contributed by atoms with Gasteiger partial charge in [-0.25, -0.2) is 13.4 Å². The molecule has 2 N–H and O–H groups in total. The van der Waals surface area contributed by atoms with Gasteiger partial charge in [0.1, 0.15) is 5.82 Å². The molecule has 1 amide bonds. The zero-order valence-electron chi connectivity index (χ0n) is 8.12. The van der Waals surface area contributed by atoms with Crippen LogP contribution in [0.25, 0.3) is 0 Å². The second-order valence-corrected chi connectivity index (χ2v) is 5.91. The Morgan fingerprint density at radius 1 is 1.56 bits per heavy atom. The quantitative estimate of drug-likeness (QED) is 0.641. The maximum atomic E-state index is 13.2. The molecule has 0 saturated heterocycles. The monoisotopic (exact) mass is 263 g/mol. The van der Waals surface area contributed by atoms with Crippen LogP contribution in [0.15, 0.2) is 17.0 Å². The van der Waals surface area contributed by atoms with Gasteiger partial charge in [-0.15, -0.1) is 0 Å². The van der Waals surface area contributed by atoms with Crippen LogP contribution in [0.5, 0.6) is 0 Å². The fraction of sp³-hybridized carbons (Fsp3) is 0.111. The van der Waals surface area contributed by atoms with Gasteiger partial charge < -0.3 is 5.73 Å². The van der Waals surface area contributed by atoms with E-state index in [1.807, 2.05) is 0 Å². The Morgan fingerprint density at radius 3 is 2.56 bits per heavy atom. The highest BCUT2D eigenvalue weighted by molar-refractivity contribution is 8.21. The van der Waals surface area contributed by atoms with Gasteiger partial charge in [-0.05, 0) is 35.3 Å². The number of rotatable bonds is 2. The molecule has 0 aliphatic carbocycles. The number of hydrogen-bond acceptors (Lipinski definition) is 3. The predicted octanol–water partition coefficient (Wildman–Crippen LogP) is 1.10. The zero-order valence-corrected chi connectivity index (χ0v) is 9.69. The maximum absolute atomic E-state index is 13.2. The van der Waals surface area contributed by atoms with Gasteiger partial charge in [-0.1, -0.05) is 0 Å². The van der Waals surface area contributed by atoms with Gasteiger partial charge in [0.2, 0.25) is 5.23 Å². The third kappa shape index (κ3) is 2.24. The molecule has 0 aromatic heterocycles. The number of amides is 1. The molecule has 16 heavy (non-hydrogen) atoms. The first kappa shape index (κ1) is 12.7. The summed E-state index contributed by atoms with van der Waals surface area (Å²) in [6, 6.07) is 1.85. The Balaban J connectivity index is 3.68. The molecule has 1 rings (SSSR count). The number of hydrogen-bond donors (Lipinski definition) is 1. The summed E-state index contributed by atoms with van der Waals surface area (Å²) in [5.74, 6) is -1.89. The minimum atomic E-state index is -3.56. The number of benzene rings is 1. The molecule has 1 atom stereocenters. The first-order valence-corrected chi connectivity index (χ1v) is 6.40. The summed E-state index contributed by atoms with van der Waals surface area (Å²) in [7, 11) is 1.85. The second kappa shape index (κ2) is 4.25. The van der Waals surface area contributed by atoms with E-state index in [9.17, 15) is 18.2 Å². The Labute approximate surface area is 95.7 Å². The molecule has 0 spiro atoms. The molecule has 0 bridgehead atoms. The molecule has 0 heterocycles. The second-order valence-electron chi connectivity index (χ2n) is 3.03. The van der Waals surface area contributed by atoms with Crippen LogP contribution in [0.4, 0.5) is 4.39 Å². The van der Waals surface area contributed by atoms with Crippen LogP contribution in [0.1, 0.15) is 15.9 Å². The van der Waals surface area contributed by atoms with Crippen LogP contribution in [-0.2, 0) is 13.5 Å². The minimum absolute atomic E-state index is 0.153. The first-order chi connectivity index (χ1) is 7.29. The fourth-order valence-corrected chi connectivity index (χ4v) is 2.50. The number of halogens is 2. The Kier molecular flexibility index (Phi) is 3.38. The van der Waals surface area contributed by atoms with Crippen molar-refractivity contribution < 1.29 is 18.2 Å². The van der Waals surface area contributed by atoms with E-state index in [1.54, 1.807) is 0 Å². The molecule has 0 aliphatic heterocycles. The van der Waals surface area contributed by atoms with E-state index in [0.717, 1.165) is 17.4 Å². The molecule has 0 radical (unpaired) electrons. The van der Waals surface area contributed by atoms with Gasteiger partial charge in [-0.2, -0.15) is 0 Å². The molecule has 1 unspecified atom stereocenters. The van der Waals surface area contributed by atoms with E-state index >= 15 is 0 Å². The van der Waals surface area contributed by atoms with E-state index in [-0.39, 0.29) is 10.5 Å². The highest BCUT2D eigenvalue weighted by Crippen LogP contribution is 2.23. The SMILES string of the molecule is Cc1cc(F)c(C(N)=O)cc1S(=O)(Cl)=C=O. The third-order valence-corrected chi connectivity index (χ3v) is 3.83. The molecule has 1 aromatic rings. The van der Waals surface area contributed by atoms with Crippen molar-refractivity contribution in [3.05, 3.63) is 29.1 Å². The standard InChI is InChI=1S/C9H7ClFNO3S/c1-5-2-7(11)6(9(12)14)3-8(5)16(10,15)4-13/h2-3H,1H3,(H2,12,14). The average molecular weight is 264 g/mol. The summed E-state index contributed by atoms with van der Waals surface area (Å²) >= 11 is 0. The van der Waals surface area contributed by atoms with Crippen molar-refractivity contribution in [1.82, 2.24) is 0 Å². The Morgan fingerprint density at radius 2 is 2.12 bits per heavy atom. The van der Waals surface area contributed by atoms with Gasteiger partial charge in [0.25, 0.3) is 5.91 Å². The highest BCUT2D eigenvalue weighted by atomic mass is 35.7. The molecule has 0 aliphatic rings. The highest BCUT2D eigenvalue weighted by Gasteiger charge is 2.17. The number of carbonyl (C=O) groups is 1. The predicted molar refractivity (Wildman–Crippen MR) is 57.6 cm³/mol. The lowest BCUT2D eigenvalue weighted by Crippen LogP contribution is -2.14. The molecule has 4 nitrogen and oxygen atoms in total. The lowest BCUT2D eigenvalue weighted by Gasteiger charge is -2.06. The van der Waals surface area contributed by atoms with Crippen molar-refractivity contribution in [1.29, 1.82) is 0 Å². The molecule has 0 fully saturated rings. The van der Waals surface area contributed by atoms with Crippen LogP contribution in [-0.4, -0.2) is 15.3 Å². The van der Waals surface area contributed by atoms with Gasteiger partial charge in [0.05, 0.1) is 10.5 Å². The largest absolute Gasteiger partial charge is 0.366 e. The summed E-state index contributed by atoms with van der Waals surface area (Å²) in [6.07, 6.45) is 0. The van der Waals surface area contributed by atoms with E-state index in [4.69, 9.17) is 16.4 Å². The average Bonchev–Trinajstić information content (AvgIpc) is 2.16. The van der Waals surface area contributed by atoms with E-state index in [0.29, 0.717) is 0 Å². The van der Waals surface area contributed by atoms with Gasteiger partial charge >= 0.3 is 0 Å². The number of primary amides is 1. The van der Waals surface area contributed by atoms with Crippen molar-refractivity contribution in [2.24, 2.45) is 5.73 Å². The maximum Gasteiger partial charge on any atom is 0.251 e. The summed E-state index contributed by atoms with van der Waals surface area (Å²) in [5.41, 5.74) is 4.62. The molecule has 86 valence electrons. The van der Waals surface area contributed by atoms with Gasteiger partial charge in [0, 0.05) is 0 Å². The topological polar surface area (TPSA) is 77.2 Å². The van der Waals surface area contributed by atoms with Crippen LogP contribution in [0.2, 0.25) is 0 Å². The summed E-state index contributed by atoms with van der Waals surface area (Å²) in [6.45, 7) is 1.41. The first-order valence-electron chi connectivity index (χ1n) is 4.02. The fourth-order valence-electron chi connectivity index (χ4n) is 1.17. The van der Waals surface area contributed by atoms with Crippen LogP contribution >= 0.6 is 10.7 Å². The molecule has 0 saturated carbocycles. The molecular formula is C9H7ClFNO3S. The Bertz CT molecular complexity index is 601. The van der Waals surface area contributed by atoms with Crippen molar-refractivity contribution in [3.63, 3.8) is 0 Å². The smallest absolute Gasteiger partial charge is 0.251 e. The number of nitrogens with two attached hydrogens (primary N) is 1. The minimum Gasteiger partial charge on any atom is -0.366 e. The summed E-state index contributed by atoms with van der Waals surface area (Å²) < 4.78 is 24.8. The lowest BCUT2D eigenvalue weighted by atomic mass is 10.1. The number of aryl methyl sites for hydroxylation is 1. The summed E-state index contributed by atoms with van der Waals surface area (Å²) in [4.78, 5) is 21.1. The van der Waals surface area contributed by atoms with Crippen LogP contribution in [0.3, 0.4) is 0 Å². The number of carbonyl (C=O) groups excluding carboxylic acids is 2. The van der Waals surface area contributed by atoms with Gasteiger partial charge in [-0.3, -0.25) is 4.79 Å². The molecular weight excluding hydrogens is 257 g/mol. The molecule has 1 aromatic carbocycles. The van der Waals surface area contributed by atoms with Crippen LogP contribution < -0.4 is 5.73 Å². The van der Waals surface area contributed by atoms with Crippen LogP contribution in [0, 0.1) is 12.7 Å². The van der Waals surface area contributed by atoms with E-state index < -0.39 is 26.0 Å². The Hall–Kier alpha value is -1.36. The van der Waals surface area contributed by atoms with Crippen molar-refractivity contribution in [3.8, 4) is 0 Å². The normalized spacial score (nSPS) is 13.9. The van der Waals surface area contributed by atoms with Gasteiger partial charge in [0.15, 0.2) is 8.74 Å². The van der Waals surface area contributed by atoms with Crippen molar-refractivity contribution in [2.45, 2.75) is 11.8 Å². The third-order valence-electron chi connectivity index (χ3n) is 1.92. The molecule has 7 heteroatoms.